The zero-order valence-corrected chi connectivity index (χ0v) is 14.7. The van der Waals surface area contributed by atoms with Gasteiger partial charge in [0, 0.05) is 5.56 Å². The Bertz CT molecular complexity index is 1140. The average molecular weight is 361 g/mol. The summed E-state index contributed by atoms with van der Waals surface area (Å²) >= 11 is 0. The molecule has 0 radical (unpaired) electrons. The maximum absolute atomic E-state index is 12.1. The van der Waals surface area contributed by atoms with Gasteiger partial charge in [-0.1, -0.05) is 17.3 Å². The summed E-state index contributed by atoms with van der Waals surface area (Å²) in [4.78, 5) is 14.4. The van der Waals surface area contributed by atoms with E-state index in [2.05, 4.69) is 10.1 Å². The van der Waals surface area contributed by atoms with Gasteiger partial charge in [-0.15, -0.1) is 0 Å². The second kappa shape index (κ2) is 7.06. The van der Waals surface area contributed by atoms with Gasteiger partial charge in [0.2, 0.25) is 0 Å². The van der Waals surface area contributed by atoms with E-state index in [0.717, 1.165) is 11.3 Å². The number of nitrogen functional groups attached to an aromatic ring is 1. The van der Waals surface area contributed by atoms with E-state index in [1.165, 1.54) is 0 Å². The summed E-state index contributed by atoms with van der Waals surface area (Å²) in [5.74, 6) is 1.09. The predicted molar refractivity (Wildman–Crippen MR) is 96.7 cm³/mol. The Hall–Kier alpha value is -4.04. The summed E-state index contributed by atoms with van der Waals surface area (Å²) in [7, 11) is 0. The lowest BCUT2D eigenvalue weighted by molar-refractivity contribution is 0.302. The van der Waals surface area contributed by atoms with Crippen molar-refractivity contribution in [3.63, 3.8) is 0 Å². The fraction of sp³-hybridized carbons (Fsp3) is 0.158. The minimum absolute atomic E-state index is 0.0361. The van der Waals surface area contributed by atoms with Gasteiger partial charge in [0.05, 0.1) is 11.3 Å². The molecule has 3 aromatic rings. The summed E-state index contributed by atoms with van der Waals surface area (Å²) in [6.45, 7) is 3.87. The molecule has 0 spiro atoms. The average Bonchev–Trinajstić information content (AvgIpc) is 2.97. The summed E-state index contributed by atoms with van der Waals surface area (Å²) < 4.78 is 10.9. The first-order valence-corrected chi connectivity index (χ1v) is 7.97. The van der Waals surface area contributed by atoms with Crippen molar-refractivity contribution in [3.8, 4) is 29.0 Å². The lowest BCUT2D eigenvalue weighted by Crippen LogP contribution is -2.16. The molecule has 0 amide bonds. The first kappa shape index (κ1) is 17.8. The van der Waals surface area contributed by atoms with Crippen molar-refractivity contribution in [2.45, 2.75) is 20.5 Å². The van der Waals surface area contributed by atoms with Gasteiger partial charge in [-0.25, -0.2) is 0 Å². The number of hydrogen-bond donors (Lipinski definition) is 2. The fourth-order valence-corrected chi connectivity index (χ4v) is 2.74. The molecule has 0 atom stereocenters. The van der Waals surface area contributed by atoms with Crippen LogP contribution in [-0.2, 0) is 6.61 Å². The number of rotatable bonds is 4. The lowest BCUT2D eigenvalue weighted by Gasteiger charge is -2.11. The summed E-state index contributed by atoms with van der Waals surface area (Å²) in [6.07, 6.45) is 0. The van der Waals surface area contributed by atoms with Crippen LogP contribution in [0.1, 0.15) is 28.1 Å². The first-order valence-electron chi connectivity index (χ1n) is 7.97. The Labute approximate surface area is 154 Å². The molecule has 0 bridgehead atoms. The quantitative estimate of drug-likeness (QED) is 0.727. The van der Waals surface area contributed by atoms with Crippen molar-refractivity contribution in [3.05, 3.63) is 62.8 Å². The highest BCUT2D eigenvalue weighted by Crippen LogP contribution is 2.30. The van der Waals surface area contributed by atoms with E-state index in [1.54, 1.807) is 31.2 Å². The van der Waals surface area contributed by atoms with Crippen LogP contribution in [0.15, 0.2) is 33.6 Å². The summed E-state index contributed by atoms with van der Waals surface area (Å²) in [6, 6.07) is 10.6. The number of ether oxygens (including phenoxy) is 1. The highest BCUT2D eigenvalue weighted by Gasteiger charge is 2.18. The van der Waals surface area contributed by atoms with Crippen LogP contribution >= 0.6 is 0 Å². The number of pyridine rings is 1. The zero-order valence-electron chi connectivity index (χ0n) is 14.7. The molecule has 3 rings (SSSR count). The molecule has 0 aliphatic heterocycles. The van der Waals surface area contributed by atoms with Crippen LogP contribution in [0.3, 0.4) is 0 Å². The van der Waals surface area contributed by atoms with Crippen LogP contribution in [0.4, 0.5) is 5.82 Å². The maximum Gasteiger partial charge on any atom is 0.268 e. The van der Waals surface area contributed by atoms with E-state index in [4.69, 9.17) is 15.0 Å². The molecule has 0 saturated carbocycles. The van der Waals surface area contributed by atoms with Gasteiger partial charge in [0.1, 0.15) is 47.2 Å². The maximum atomic E-state index is 12.1. The number of benzene rings is 1. The molecule has 8 heteroatoms. The smallest absolute Gasteiger partial charge is 0.268 e. The third-order valence-corrected chi connectivity index (χ3v) is 4.16. The Morgan fingerprint density at radius 1 is 1.26 bits per heavy atom. The highest BCUT2D eigenvalue weighted by molar-refractivity contribution is 5.80. The van der Waals surface area contributed by atoms with Crippen molar-refractivity contribution in [2.75, 3.05) is 5.73 Å². The zero-order chi connectivity index (χ0) is 19.6. The molecule has 3 N–H and O–H groups in total. The van der Waals surface area contributed by atoms with Crippen LogP contribution in [0.5, 0.6) is 5.75 Å². The number of aromatic amines is 1. The topological polar surface area (TPSA) is 142 Å². The normalized spacial score (nSPS) is 10.2. The molecule has 0 aliphatic rings. The number of nitrogens with two attached hydrogens (primary N) is 1. The minimum atomic E-state index is -0.647. The standard InChI is InChI=1S/C19H15N5O3/c1-10-16(11(2)27-24-10)9-26-13-5-3-4-12(6-13)17-14(7-20)18(22)23-19(25)15(17)8-21/h3-6H,9H2,1-2H3,(H3,22,23,25). The van der Waals surface area contributed by atoms with E-state index in [-0.39, 0.29) is 29.1 Å². The van der Waals surface area contributed by atoms with Gasteiger partial charge in [-0.05, 0) is 31.5 Å². The van der Waals surface area contributed by atoms with Crippen molar-refractivity contribution in [2.24, 2.45) is 0 Å². The van der Waals surface area contributed by atoms with Crippen molar-refractivity contribution in [1.82, 2.24) is 10.1 Å². The van der Waals surface area contributed by atoms with E-state index in [0.29, 0.717) is 17.1 Å². The number of H-pyrrole nitrogens is 1. The van der Waals surface area contributed by atoms with Crippen molar-refractivity contribution < 1.29 is 9.26 Å². The Morgan fingerprint density at radius 3 is 2.63 bits per heavy atom. The second-order valence-electron chi connectivity index (χ2n) is 5.84. The molecule has 2 aromatic heterocycles. The van der Waals surface area contributed by atoms with Crippen LogP contribution in [0.2, 0.25) is 0 Å². The molecule has 1 aromatic carbocycles. The lowest BCUT2D eigenvalue weighted by atomic mass is 9.96. The molecule has 0 unspecified atom stereocenters. The third kappa shape index (κ3) is 3.24. The Balaban J connectivity index is 2.03. The highest BCUT2D eigenvalue weighted by atomic mass is 16.5. The van der Waals surface area contributed by atoms with Gasteiger partial charge in [-0.2, -0.15) is 10.5 Å². The second-order valence-corrected chi connectivity index (χ2v) is 5.84. The number of nitrogens with one attached hydrogen (secondary N) is 1. The van der Waals surface area contributed by atoms with E-state index in [1.807, 2.05) is 19.1 Å². The van der Waals surface area contributed by atoms with Gasteiger partial charge < -0.3 is 20.0 Å². The van der Waals surface area contributed by atoms with Gasteiger partial charge in [0.15, 0.2) is 0 Å². The molecule has 0 aliphatic carbocycles. The molecule has 2 heterocycles. The SMILES string of the molecule is Cc1noc(C)c1COc1cccc(-c2c(C#N)c(N)[nH]c(=O)c2C#N)c1. The van der Waals surface area contributed by atoms with Crippen LogP contribution in [-0.4, -0.2) is 10.1 Å². The number of aryl methyl sites for hydroxylation is 2. The fourth-order valence-electron chi connectivity index (χ4n) is 2.74. The van der Waals surface area contributed by atoms with Crippen LogP contribution < -0.4 is 16.0 Å². The largest absolute Gasteiger partial charge is 0.489 e. The summed E-state index contributed by atoms with van der Waals surface area (Å²) in [5.41, 5.74) is 7.22. The summed E-state index contributed by atoms with van der Waals surface area (Å²) in [5, 5.41) is 22.7. The van der Waals surface area contributed by atoms with E-state index >= 15 is 0 Å². The third-order valence-electron chi connectivity index (χ3n) is 4.16. The van der Waals surface area contributed by atoms with Gasteiger partial charge >= 0.3 is 0 Å². The van der Waals surface area contributed by atoms with E-state index in [9.17, 15) is 15.3 Å². The number of nitriles is 2. The van der Waals surface area contributed by atoms with E-state index < -0.39 is 5.56 Å². The number of nitrogens with zero attached hydrogens (tertiary/aromatic N) is 3. The molecule has 134 valence electrons. The number of aromatic nitrogens is 2. The number of hydrogen-bond acceptors (Lipinski definition) is 7. The first-order chi connectivity index (χ1) is 13.0. The van der Waals surface area contributed by atoms with Crippen LogP contribution in [0, 0.1) is 36.5 Å². The monoisotopic (exact) mass is 361 g/mol. The molecule has 0 saturated heterocycles. The molecule has 0 fully saturated rings. The molecule has 27 heavy (non-hydrogen) atoms. The Morgan fingerprint density at radius 2 is 2.00 bits per heavy atom. The molecular weight excluding hydrogens is 346 g/mol. The minimum Gasteiger partial charge on any atom is -0.489 e. The molecule has 8 nitrogen and oxygen atoms in total. The van der Waals surface area contributed by atoms with Crippen LogP contribution in [0.25, 0.3) is 11.1 Å². The Kier molecular flexibility index (Phi) is 4.65. The van der Waals surface area contributed by atoms with Crippen molar-refractivity contribution >= 4 is 5.82 Å². The molecular formula is C19H15N5O3. The predicted octanol–water partition coefficient (Wildman–Crippen LogP) is 2.55. The number of anilines is 1. The van der Waals surface area contributed by atoms with Gasteiger partial charge in [0.25, 0.3) is 5.56 Å². The van der Waals surface area contributed by atoms with Gasteiger partial charge in [-0.3, -0.25) is 4.79 Å². The van der Waals surface area contributed by atoms with Crippen molar-refractivity contribution in [1.29, 1.82) is 10.5 Å².